The minimum absolute atomic E-state index is 0.166. The summed E-state index contributed by atoms with van der Waals surface area (Å²) >= 11 is 0. The van der Waals surface area contributed by atoms with Crippen LogP contribution in [0.25, 0.3) is 10.8 Å². The maximum absolute atomic E-state index is 13.0. The van der Waals surface area contributed by atoms with E-state index in [9.17, 15) is 13.2 Å². The summed E-state index contributed by atoms with van der Waals surface area (Å²) in [6.45, 7) is 1.69. The highest BCUT2D eigenvalue weighted by Crippen LogP contribution is 2.22. The number of carbonyl (C=O) groups is 1. The first kappa shape index (κ1) is 22.3. The van der Waals surface area contributed by atoms with Crippen LogP contribution in [0.3, 0.4) is 0 Å². The second-order valence-electron chi connectivity index (χ2n) is 7.96. The maximum Gasteiger partial charge on any atom is 0.251 e. The van der Waals surface area contributed by atoms with E-state index in [1.165, 1.54) is 10.4 Å². The molecule has 0 aromatic heterocycles. The molecule has 0 saturated carbocycles. The molecule has 0 radical (unpaired) electrons. The molecule has 0 unspecified atom stereocenters. The van der Waals surface area contributed by atoms with Crippen molar-refractivity contribution in [1.82, 2.24) is 9.62 Å². The summed E-state index contributed by atoms with van der Waals surface area (Å²) in [5.74, 6) is 0.420. The Hall–Kier alpha value is -2.90. The SMILES string of the molecule is O=C(NCCOc1ccc2ccccc2c1)c1cccc(S(=O)(=O)N2CCCCCC2)c1. The average Bonchev–Trinajstić information content (AvgIpc) is 3.12. The van der Waals surface area contributed by atoms with Gasteiger partial charge in [-0.3, -0.25) is 4.79 Å². The molecule has 0 spiro atoms. The normalized spacial score (nSPS) is 15.2. The summed E-state index contributed by atoms with van der Waals surface area (Å²) < 4.78 is 33.3. The number of nitrogens with one attached hydrogen (secondary N) is 1. The molecular formula is C25H28N2O4S. The molecule has 1 aliphatic heterocycles. The smallest absolute Gasteiger partial charge is 0.251 e. The van der Waals surface area contributed by atoms with E-state index in [4.69, 9.17) is 4.74 Å². The van der Waals surface area contributed by atoms with Crippen molar-refractivity contribution in [2.75, 3.05) is 26.2 Å². The van der Waals surface area contributed by atoms with Gasteiger partial charge in [-0.25, -0.2) is 8.42 Å². The van der Waals surface area contributed by atoms with E-state index in [-0.39, 0.29) is 10.8 Å². The topological polar surface area (TPSA) is 75.7 Å². The lowest BCUT2D eigenvalue weighted by Gasteiger charge is -2.20. The number of amides is 1. The van der Waals surface area contributed by atoms with Gasteiger partial charge in [-0.05, 0) is 53.9 Å². The minimum Gasteiger partial charge on any atom is -0.492 e. The molecule has 1 N–H and O–H groups in total. The van der Waals surface area contributed by atoms with Gasteiger partial charge in [0.2, 0.25) is 10.0 Å². The predicted molar refractivity (Wildman–Crippen MR) is 125 cm³/mol. The fraction of sp³-hybridized carbons (Fsp3) is 0.320. The van der Waals surface area contributed by atoms with Gasteiger partial charge in [-0.1, -0.05) is 49.2 Å². The van der Waals surface area contributed by atoms with Crippen molar-refractivity contribution < 1.29 is 17.9 Å². The second-order valence-corrected chi connectivity index (χ2v) is 9.90. The van der Waals surface area contributed by atoms with E-state index in [1.807, 2.05) is 42.5 Å². The van der Waals surface area contributed by atoms with Gasteiger partial charge in [0.1, 0.15) is 12.4 Å². The Morgan fingerprint density at radius 1 is 0.875 bits per heavy atom. The van der Waals surface area contributed by atoms with Gasteiger partial charge < -0.3 is 10.1 Å². The molecule has 1 aliphatic rings. The van der Waals surface area contributed by atoms with Crippen molar-refractivity contribution in [2.45, 2.75) is 30.6 Å². The minimum atomic E-state index is -3.59. The molecule has 1 fully saturated rings. The molecule has 1 heterocycles. The first-order valence-electron chi connectivity index (χ1n) is 11.0. The number of benzene rings is 3. The van der Waals surface area contributed by atoms with Crippen LogP contribution >= 0.6 is 0 Å². The number of rotatable bonds is 7. The zero-order valence-corrected chi connectivity index (χ0v) is 18.8. The predicted octanol–water partition coefficient (Wildman–Crippen LogP) is 4.21. The van der Waals surface area contributed by atoms with Gasteiger partial charge in [-0.2, -0.15) is 4.31 Å². The van der Waals surface area contributed by atoms with Crippen LogP contribution in [0.5, 0.6) is 5.75 Å². The van der Waals surface area contributed by atoms with Crippen LogP contribution in [0.4, 0.5) is 0 Å². The Bertz CT molecular complexity index is 1190. The van der Waals surface area contributed by atoms with Crippen molar-refractivity contribution in [3.8, 4) is 5.75 Å². The average molecular weight is 453 g/mol. The zero-order valence-electron chi connectivity index (χ0n) is 18.0. The summed E-state index contributed by atoms with van der Waals surface area (Å²) in [6, 6.07) is 20.2. The Morgan fingerprint density at radius 2 is 1.62 bits per heavy atom. The summed E-state index contributed by atoms with van der Waals surface area (Å²) in [7, 11) is -3.59. The number of sulfonamides is 1. The van der Waals surface area contributed by atoms with Crippen molar-refractivity contribution in [3.05, 3.63) is 72.3 Å². The monoisotopic (exact) mass is 452 g/mol. The van der Waals surface area contributed by atoms with E-state index in [0.29, 0.717) is 31.8 Å². The standard InChI is InChI=1S/C25H28N2O4S/c28-25(26-14-17-31-23-13-12-20-8-3-4-9-21(20)18-23)22-10-7-11-24(19-22)32(29,30)27-15-5-1-2-6-16-27/h3-4,7-13,18-19H,1-2,5-6,14-17H2,(H,26,28). The molecule has 3 aromatic rings. The molecule has 168 valence electrons. The number of nitrogens with zero attached hydrogens (tertiary/aromatic N) is 1. The van der Waals surface area contributed by atoms with E-state index in [0.717, 1.165) is 42.2 Å². The van der Waals surface area contributed by atoms with Crippen LogP contribution in [0.2, 0.25) is 0 Å². The Kier molecular flexibility index (Phi) is 7.07. The fourth-order valence-corrected chi connectivity index (χ4v) is 5.49. The molecule has 4 rings (SSSR count). The summed E-state index contributed by atoms with van der Waals surface area (Å²) in [5.41, 5.74) is 0.326. The Labute approximate surface area is 189 Å². The van der Waals surface area contributed by atoms with Crippen LogP contribution in [0.1, 0.15) is 36.0 Å². The van der Waals surface area contributed by atoms with Gasteiger partial charge in [0.05, 0.1) is 11.4 Å². The largest absolute Gasteiger partial charge is 0.492 e. The quantitative estimate of drug-likeness (QED) is 0.545. The number of fused-ring (bicyclic) bond motifs is 1. The molecule has 0 atom stereocenters. The molecule has 7 heteroatoms. The highest BCUT2D eigenvalue weighted by Gasteiger charge is 2.25. The van der Waals surface area contributed by atoms with Crippen molar-refractivity contribution in [1.29, 1.82) is 0 Å². The highest BCUT2D eigenvalue weighted by molar-refractivity contribution is 7.89. The third-order valence-corrected chi connectivity index (χ3v) is 7.57. The number of hydrogen-bond donors (Lipinski definition) is 1. The third-order valence-electron chi connectivity index (χ3n) is 5.68. The maximum atomic E-state index is 13.0. The molecule has 6 nitrogen and oxygen atoms in total. The summed E-state index contributed by atoms with van der Waals surface area (Å²) in [4.78, 5) is 12.7. The molecule has 0 aliphatic carbocycles. The molecule has 3 aromatic carbocycles. The lowest BCUT2D eigenvalue weighted by atomic mass is 10.1. The lowest BCUT2D eigenvalue weighted by Crippen LogP contribution is -2.32. The Morgan fingerprint density at radius 3 is 2.41 bits per heavy atom. The van der Waals surface area contributed by atoms with Gasteiger partial charge >= 0.3 is 0 Å². The first-order chi connectivity index (χ1) is 15.5. The highest BCUT2D eigenvalue weighted by atomic mass is 32.2. The third kappa shape index (κ3) is 5.29. The van der Waals surface area contributed by atoms with E-state index in [2.05, 4.69) is 5.32 Å². The molecule has 1 saturated heterocycles. The zero-order chi connectivity index (χ0) is 22.4. The molecule has 1 amide bonds. The van der Waals surface area contributed by atoms with E-state index >= 15 is 0 Å². The van der Waals surface area contributed by atoms with E-state index in [1.54, 1.807) is 18.2 Å². The summed E-state index contributed by atoms with van der Waals surface area (Å²) in [6.07, 6.45) is 3.85. The number of hydrogen-bond acceptors (Lipinski definition) is 4. The van der Waals surface area contributed by atoms with Crippen LogP contribution in [0, 0.1) is 0 Å². The van der Waals surface area contributed by atoms with Gasteiger partial charge in [0, 0.05) is 18.7 Å². The van der Waals surface area contributed by atoms with Crippen LogP contribution in [-0.2, 0) is 10.0 Å². The summed E-state index contributed by atoms with van der Waals surface area (Å²) in [5, 5.41) is 5.04. The van der Waals surface area contributed by atoms with Crippen molar-refractivity contribution >= 4 is 26.7 Å². The first-order valence-corrected chi connectivity index (χ1v) is 12.5. The van der Waals surface area contributed by atoms with Crippen LogP contribution < -0.4 is 10.1 Å². The molecule has 32 heavy (non-hydrogen) atoms. The fourth-order valence-electron chi connectivity index (χ4n) is 3.92. The number of ether oxygens (including phenoxy) is 1. The van der Waals surface area contributed by atoms with Crippen LogP contribution in [-0.4, -0.2) is 44.9 Å². The molecular weight excluding hydrogens is 424 g/mol. The van der Waals surface area contributed by atoms with Crippen molar-refractivity contribution in [2.24, 2.45) is 0 Å². The Balaban J connectivity index is 1.34. The van der Waals surface area contributed by atoms with E-state index < -0.39 is 10.0 Å². The number of carbonyl (C=O) groups excluding carboxylic acids is 1. The second kappa shape index (κ2) is 10.1. The van der Waals surface area contributed by atoms with Gasteiger partial charge in [-0.15, -0.1) is 0 Å². The van der Waals surface area contributed by atoms with Crippen LogP contribution in [0.15, 0.2) is 71.6 Å². The lowest BCUT2D eigenvalue weighted by molar-refractivity contribution is 0.0947. The van der Waals surface area contributed by atoms with Gasteiger partial charge in [0.25, 0.3) is 5.91 Å². The van der Waals surface area contributed by atoms with Crippen molar-refractivity contribution in [3.63, 3.8) is 0 Å². The van der Waals surface area contributed by atoms with Gasteiger partial charge in [0.15, 0.2) is 0 Å². The molecule has 0 bridgehead atoms.